The molecule has 0 saturated heterocycles. The molecule has 4 N–H and O–H groups in total. The van der Waals surface area contributed by atoms with E-state index in [0.717, 1.165) is 16.0 Å². The molecule has 1 aromatic heterocycles. The number of rotatable bonds is 9. The molecule has 13 heteroatoms. The van der Waals surface area contributed by atoms with Crippen molar-refractivity contribution in [2.75, 3.05) is 6.54 Å². The zero-order valence-corrected chi connectivity index (χ0v) is 23.5. The van der Waals surface area contributed by atoms with Gasteiger partial charge in [-0.25, -0.2) is 30.7 Å². The quantitative estimate of drug-likeness (QED) is 0.372. The van der Waals surface area contributed by atoms with Gasteiger partial charge in [0.2, 0.25) is 27.8 Å². The van der Waals surface area contributed by atoms with Crippen LogP contribution < -0.4 is 15.8 Å². The van der Waals surface area contributed by atoms with E-state index in [2.05, 4.69) is 10.0 Å². The smallest absolute Gasteiger partial charge is 0.248 e. The lowest BCUT2D eigenvalue weighted by atomic mass is 9.76. The molecule has 2 aromatic rings. The normalized spacial score (nSPS) is 22.1. The minimum Gasteiger partial charge on any atom is -0.369 e. The van der Waals surface area contributed by atoms with Crippen LogP contribution in [-0.4, -0.2) is 38.8 Å². The standard InChI is InChI=1S/C27H30F4N4O3S2/c1-14-2-22-21(13-34-14)19(5-16-7-26(28,29)8-16)24(39-22)20-4-15(6-23(33)36)3-18(11-32)25(20)40(37,38)35-12-17-9-27(30,31)10-17/h3-4,14,16-17,34-35H,2,5-10,12-13H2,1H3,(H2,33,36). The van der Waals surface area contributed by atoms with Crippen molar-refractivity contribution in [3.8, 4) is 16.5 Å². The molecule has 2 heterocycles. The van der Waals surface area contributed by atoms with E-state index in [1.165, 1.54) is 23.5 Å². The maximum absolute atomic E-state index is 13.7. The van der Waals surface area contributed by atoms with Crippen LogP contribution in [0, 0.1) is 23.2 Å². The van der Waals surface area contributed by atoms with Crippen LogP contribution in [0.5, 0.6) is 0 Å². The second-order valence-corrected chi connectivity index (χ2v) is 14.2. The molecule has 40 heavy (non-hydrogen) atoms. The maximum Gasteiger partial charge on any atom is 0.248 e. The Balaban J connectivity index is 1.62. The summed E-state index contributed by atoms with van der Waals surface area (Å²) in [6.07, 6.45) is -0.626. The van der Waals surface area contributed by atoms with Gasteiger partial charge in [-0.2, -0.15) is 5.26 Å². The molecule has 1 aliphatic heterocycles. The van der Waals surface area contributed by atoms with Gasteiger partial charge in [-0.15, -0.1) is 11.3 Å². The maximum atomic E-state index is 13.7. The van der Waals surface area contributed by atoms with E-state index >= 15 is 0 Å². The molecule has 5 rings (SSSR count). The molecule has 3 aliphatic rings. The number of amides is 1. The molecule has 0 spiro atoms. The predicted molar refractivity (Wildman–Crippen MR) is 142 cm³/mol. The van der Waals surface area contributed by atoms with Crippen LogP contribution in [0.2, 0.25) is 0 Å². The van der Waals surface area contributed by atoms with Gasteiger partial charge in [0.05, 0.1) is 12.0 Å². The predicted octanol–water partition coefficient (Wildman–Crippen LogP) is 4.26. The number of nitrogens with one attached hydrogen (secondary N) is 2. The van der Waals surface area contributed by atoms with Gasteiger partial charge in [0, 0.05) is 60.1 Å². The minimum absolute atomic E-state index is 0.154. The number of benzene rings is 1. The van der Waals surface area contributed by atoms with Crippen LogP contribution >= 0.6 is 11.3 Å². The Morgan fingerprint density at radius 3 is 2.42 bits per heavy atom. The third-order valence-corrected chi connectivity index (χ3v) is 10.7. The first-order chi connectivity index (χ1) is 18.7. The van der Waals surface area contributed by atoms with Crippen LogP contribution in [0.1, 0.15) is 59.7 Å². The van der Waals surface area contributed by atoms with Crippen LogP contribution in [0.4, 0.5) is 17.6 Å². The first-order valence-electron chi connectivity index (χ1n) is 13.1. The molecule has 2 fully saturated rings. The van der Waals surface area contributed by atoms with Crippen molar-refractivity contribution in [1.29, 1.82) is 5.26 Å². The van der Waals surface area contributed by atoms with Crippen LogP contribution in [-0.2, 0) is 40.6 Å². The van der Waals surface area contributed by atoms with Gasteiger partial charge in [-0.3, -0.25) is 4.79 Å². The van der Waals surface area contributed by atoms with E-state index < -0.39 is 46.5 Å². The van der Waals surface area contributed by atoms with Crippen molar-refractivity contribution >= 4 is 27.3 Å². The molecule has 0 bridgehead atoms. The Bertz CT molecular complexity index is 1480. The van der Waals surface area contributed by atoms with Crippen LogP contribution in [0.25, 0.3) is 10.4 Å². The molecule has 2 saturated carbocycles. The van der Waals surface area contributed by atoms with Gasteiger partial charge in [-0.1, -0.05) is 0 Å². The number of nitrogens with two attached hydrogens (primary N) is 1. The Morgan fingerprint density at radius 1 is 1.18 bits per heavy atom. The summed E-state index contributed by atoms with van der Waals surface area (Å²) in [7, 11) is -4.37. The number of primary amides is 1. The molecule has 7 nitrogen and oxygen atoms in total. The van der Waals surface area contributed by atoms with Gasteiger partial charge < -0.3 is 11.1 Å². The summed E-state index contributed by atoms with van der Waals surface area (Å²) in [6.45, 7) is 2.30. The van der Waals surface area contributed by atoms with Gasteiger partial charge in [-0.05, 0) is 60.4 Å². The number of nitrogens with zero attached hydrogens (tertiary/aromatic N) is 1. The molecule has 2 aliphatic carbocycles. The molecule has 1 unspecified atom stereocenters. The molecule has 1 atom stereocenters. The van der Waals surface area contributed by atoms with Gasteiger partial charge in [0.1, 0.15) is 11.0 Å². The van der Waals surface area contributed by atoms with Gasteiger partial charge in [0.25, 0.3) is 0 Å². The Labute approximate surface area is 234 Å². The number of halogens is 4. The van der Waals surface area contributed by atoms with E-state index in [0.29, 0.717) is 29.8 Å². The highest BCUT2D eigenvalue weighted by Gasteiger charge is 2.47. The van der Waals surface area contributed by atoms with Crippen molar-refractivity contribution in [3.05, 3.63) is 39.3 Å². The second-order valence-electron chi connectivity index (χ2n) is 11.4. The fourth-order valence-corrected chi connectivity index (χ4v) is 8.97. The highest BCUT2D eigenvalue weighted by atomic mass is 32.2. The number of carbonyl (C=O) groups is 1. The highest BCUT2D eigenvalue weighted by Crippen LogP contribution is 2.49. The lowest BCUT2D eigenvalue weighted by molar-refractivity contribution is -0.117. The van der Waals surface area contributed by atoms with E-state index in [1.54, 1.807) is 0 Å². The van der Waals surface area contributed by atoms with Crippen LogP contribution in [0.3, 0.4) is 0 Å². The van der Waals surface area contributed by atoms with Gasteiger partial charge in [0.15, 0.2) is 0 Å². The first-order valence-corrected chi connectivity index (χ1v) is 15.4. The summed E-state index contributed by atoms with van der Waals surface area (Å²) in [5, 5.41) is 13.4. The molecule has 1 amide bonds. The summed E-state index contributed by atoms with van der Waals surface area (Å²) >= 11 is 1.37. The minimum atomic E-state index is -4.37. The summed E-state index contributed by atoms with van der Waals surface area (Å²) in [6, 6.07) is 4.89. The van der Waals surface area contributed by atoms with E-state index in [-0.39, 0.29) is 53.8 Å². The lowest BCUT2D eigenvalue weighted by Crippen LogP contribution is -2.42. The number of fused-ring (bicyclic) bond motifs is 1. The fourth-order valence-electron chi connectivity index (χ4n) is 5.96. The number of hydrogen-bond donors (Lipinski definition) is 3. The zero-order valence-electron chi connectivity index (χ0n) is 21.8. The third-order valence-electron chi connectivity index (χ3n) is 7.88. The van der Waals surface area contributed by atoms with Crippen molar-refractivity contribution in [1.82, 2.24) is 10.0 Å². The average molecular weight is 599 g/mol. The summed E-state index contributed by atoms with van der Waals surface area (Å²) in [5.74, 6) is -7.03. The zero-order chi connectivity index (χ0) is 29.0. The Hall–Kier alpha value is -2.53. The van der Waals surface area contributed by atoms with Crippen molar-refractivity contribution < 1.29 is 30.8 Å². The summed E-state index contributed by atoms with van der Waals surface area (Å²) < 4.78 is 83.9. The largest absolute Gasteiger partial charge is 0.369 e. The SMILES string of the molecule is CC1Cc2sc(-c3cc(CC(N)=O)cc(C#N)c3S(=O)(=O)NCC3CC(F)(F)C3)c(CC3CC(F)(F)C3)c2CN1. The third kappa shape index (κ3) is 5.91. The molecular weight excluding hydrogens is 568 g/mol. The molecule has 0 radical (unpaired) electrons. The average Bonchev–Trinajstić information content (AvgIpc) is 3.16. The molecule has 1 aromatic carbocycles. The lowest BCUT2D eigenvalue weighted by Gasteiger charge is -2.35. The van der Waals surface area contributed by atoms with Gasteiger partial charge >= 0.3 is 0 Å². The summed E-state index contributed by atoms with van der Waals surface area (Å²) in [4.78, 5) is 13.0. The van der Waals surface area contributed by atoms with E-state index in [9.17, 15) is 36.0 Å². The topological polar surface area (TPSA) is 125 Å². The summed E-state index contributed by atoms with van der Waals surface area (Å²) in [5.41, 5.74) is 7.43. The number of sulfonamides is 1. The number of thiophene rings is 1. The number of carbonyl (C=O) groups excluding carboxylic acids is 1. The highest BCUT2D eigenvalue weighted by molar-refractivity contribution is 7.89. The van der Waals surface area contributed by atoms with Crippen molar-refractivity contribution in [2.45, 2.75) is 81.2 Å². The van der Waals surface area contributed by atoms with Crippen LogP contribution in [0.15, 0.2) is 17.0 Å². The fraction of sp³-hybridized carbons (Fsp3) is 0.556. The molecular formula is C27H30F4N4O3S2. The van der Waals surface area contributed by atoms with E-state index in [4.69, 9.17) is 5.73 Å². The second kappa shape index (κ2) is 10.4. The monoisotopic (exact) mass is 598 g/mol. The first kappa shape index (κ1) is 29.0. The number of nitriles is 1. The Morgan fingerprint density at radius 2 is 1.82 bits per heavy atom. The number of alkyl halides is 4. The number of hydrogen-bond acceptors (Lipinski definition) is 6. The van der Waals surface area contributed by atoms with E-state index in [1.807, 2.05) is 13.0 Å². The Kier molecular flexibility index (Phi) is 7.52. The van der Waals surface area contributed by atoms with Crippen molar-refractivity contribution in [2.24, 2.45) is 17.6 Å². The van der Waals surface area contributed by atoms with Crippen molar-refractivity contribution in [3.63, 3.8) is 0 Å². The molecule has 216 valence electrons.